The number of carbonyl (C=O) groups is 1. The average Bonchev–Trinajstić information content (AvgIpc) is 2.95. The Kier molecular flexibility index (Phi) is 8.68. The monoisotopic (exact) mass is 601 g/mol. The standard InChI is InChI=1S/C30H33ClFN3O5S/c1-34-18-26(36)17-33-41(38,39)28-10-7-22(21-5-8-24(31)9-6-21)16-27(28)40-20-30(19-34)11-13-35(14-12-30)29(37)23-3-2-4-25(32)15-23/h2-10,15-16,26,33,36H,11-14,17-20H2,1H3. The topological polar surface area (TPSA) is 99.2 Å². The van der Waals surface area contributed by atoms with Gasteiger partial charge in [-0.2, -0.15) is 0 Å². The lowest BCUT2D eigenvalue weighted by molar-refractivity contribution is 0.0159. The van der Waals surface area contributed by atoms with Gasteiger partial charge in [0.05, 0.1) is 12.7 Å². The first-order chi connectivity index (χ1) is 19.5. The van der Waals surface area contributed by atoms with Gasteiger partial charge in [0.1, 0.15) is 16.5 Å². The summed E-state index contributed by atoms with van der Waals surface area (Å²) < 4.78 is 49.1. The van der Waals surface area contributed by atoms with Crippen LogP contribution in [0.2, 0.25) is 5.02 Å². The predicted octanol–water partition coefficient (Wildman–Crippen LogP) is 4.03. The molecule has 218 valence electrons. The SMILES string of the molecule is CN1CC(O)CNS(=O)(=O)c2ccc(-c3ccc(Cl)cc3)cc2OCC2(CCN(C(=O)c3cccc(F)c3)CC2)C1. The summed E-state index contributed by atoms with van der Waals surface area (Å²) in [6, 6.07) is 17.8. The van der Waals surface area contributed by atoms with Crippen molar-refractivity contribution in [2.75, 3.05) is 46.4 Å². The summed E-state index contributed by atoms with van der Waals surface area (Å²) >= 11 is 6.05. The molecule has 0 saturated carbocycles. The van der Waals surface area contributed by atoms with E-state index < -0.39 is 27.4 Å². The molecule has 3 aromatic rings. The van der Waals surface area contributed by atoms with Crippen molar-refractivity contribution in [1.29, 1.82) is 0 Å². The average molecular weight is 602 g/mol. The highest BCUT2D eigenvalue weighted by Crippen LogP contribution is 2.37. The lowest BCUT2D eigenvalue weighted by atomic mass is 9.78. The fourth-order valence-electron chi connectivity index (χ4n) is 5.58. The van der Waals surface area contributed by atoms with Gasteiger partial charge in [-0.3, -0.25) is 4.79 Å². The Morgan fingerprint density at radius 2 is 1.78 bits per heavy atom. The third kappa shape index (κ3) is 6.90. The third-order valence-electron chi connectivity index (χ3n) is 7.76. The van der Waals surface area contributed by atoms with Gasteiger partial charge in [-0.25, -0.2) is 17.5 Å². The van der Waals surface area contributed by atoms with Crippen LogP contribution in [0.25, 0.3) is 11.1 Å². The van der Waals surface area contributed by atoms with Crippen molar-refractivity contribution in [2.24, 2.45) is 5.41 Å². The Morgan fingerprint density at radius 3 is 2.49 bits per heavy atom. The smallest absolute Gasteiger partial charge is 0.253 e. The summed E-state index contributed by atoms with van der Waals surface area (Å²) in [5.41, 5.74) is 1.50. The summed E-state index contributed by atoms with van der Waals surface area (Å²) in [4.78, 5) is 16.7. The number of aliphatic hydroxyl groups is 1. The Morgan fingerprint density at radius 1 is 1.07 bits per heavy atom. The van der Waals surface area contributed by atoms with Crippen LogP contribution in [0.15, 0.2) is 71.6 Å². The highest BCUT2D eigenvalue weighted by molar-refractivity contribution is 7.89. The summed E-state index contributed by atoms with van der Waals surface area (Å²) in [5, 5.41) is 11.2. The Bertz CT molecular complexity index is 1510. The van der Waals surface area contributed by atoms with Crippen LogP contribution in [0, 0.1) is 11.2 Å². The molecule has 1 amide bonds. The maximum absolute atomic E-state index is 13.7. The maximum atomic E-state index is 13.7. The Labute approximate surface area is 244 Å². The zero-order valence-corrected chi connectivity index (χ0v) is 24.3. The van der Waals surface area contributed by atoms with Gasteiger partial charge in [-0.05, 0) is 73.5 Å². The molecule has 0 radical (unpaired) electrons. The van der Waals surface area contributed by atoms with Crippen molar-refractivity contribution in [2.45, 2.75) is 23.8 Å². The molecule has 2 N–H and O–H groups in total. The normalized spacial score (nSPS) is 21.3. The van der Waals surface area contributed by atoms with Gasteiger partial charge in [0.2, 0.25) is 10.0 Å². The first-order valence-corrected chi connectivity index (χ1v) is 15.3. The van der Waals surface area contributed by atoms with E-state index >= 15 is 0 Å². The number of aliphatic hydroxyl groups excluding tert-OH is 1. The molecule has 1 unspecified atom stereocenters. The molecule has 41 heavy (non-hydrogen) atoms. The first-order valence-electron chi connectivity index (χ1n) is 13.5. The van der Waals surface area contributed by atoms with Crippen molar-refractivity contribution in [3.05, 3.63) is 83.1 Å². The van der Waals surface area contributed by atoms with E-state index in [-0.39, 0.29) is 36.2 Å². The van der Waals surface area contributed by atoms with Crippen LogP contribution in [-0.4, -0.2) is 81.7 Å². The minimum absolute atomic E-state index is 0.00907. The van der Waals surface area contributed by atoms with Gasteiger partial charge >= 0.3 is 0 Å². The van der Waals surface area contributed by atoms with E-state index in [0.717, 1.165) is 11.1 Å². The van der Waals surface area contributed by atoms with Crippen molar-refractivity contribution in [3.63, 3.8) is 0 Å². The number of halogens is 2. The van der Waals surface area contributed by atoms with E-state index in [2.05, 4.69) is 4.72 Å². The molecule has 11 heteroatoms. The molecule has 2 aliphatic heterocycles. The molecule has 0 bridgehead atoms. The van der Waals surface area contributed by atoms with Crippen molar-refractivity contribution < 1.29 is 27.4 Å². The van der Waals surface area contributed by atoms with Crippen LogP contribution in [-0.2, 0) is 10.0 Å². The van der Waals surface area contributed by atoms with E-state index in [4.69, 9.17) is 16.3 Å². The lowest BCUT2D eigenvalue weighted by Gasteiger charge is -2.44. The van der Waals surface area contributed by atoms with E-state index in [1.165, 1.54) is 24.3 Å². The second kappa shape index (κ2) is 12.1. The second-order valence-electron chi connectivity index (χ2n) is 11.0. The van der Waals surface area contributed by atoms with Crippen LogP contribution in [0.4, 0.5) is 4.39 Å². The Balaban J connectivity index is 1.44. The number of likely N-dealkylation sites (tertiary alicyclic amines) is 1. The molecule has 8 nitrogen and oxygen atoms in total. The number of amides is 1. The van der Waals surface area contributed by atoms with E-state index in [9.17, 15) is 22.7 Å². The number of carbonyl (C=O) groups excluding carboxylic acids is 1. The quantitative estimate of drug-likeness (QED) is 0.460. The van der Waals surface area contributed by atoms with Crippen LogP contribution >= 0.6 is 11.6 Å². The number of ether oxygens (including phenoxy) is 1. The van der Waals surface area contributed by atoms with Gasteiger partial charge in [0.15, 0.2) is 0 Å². The summed E-state index contributed by atoms with van der Waals surface area (Å²) in [7, 11) is -2.10. The summed E-state index contributed by atoms with van der Waals surface area (Å²) in [6.45, 7) is 1.78. The number of β-amino-alcohol motifs (C(OH)–C–C–N with tert-alkyl or cyclic N) is 1. The van der Waals surface area contributed by atoms with Crippen LogP contribution in [0.1, 0.15) is 23.2 Å². The predicted molar refractivity (Wildman–Crippen MR) is 155 cm³/mol. The number of rotatable bonds is 2. The molecule has 0 aromatic heterocycles. The molecule has 3 aromatic carbocycles. The molecule has 1 saturated heterocycles. The minimum Gasteiger partial charge on any atom is -0.492 e. The molecule has 2 heterocycles. The summed E-state index contributed by atoms with van der Waals surface area (Å²) in [6.07, 6.45) is 0.260. The zero-order chi connectivity index (χ0) is 29.2. The molecular formula is C30H33ClFN3O5S. The highest BCUT2D eigenvalue weighted by atomic mass is 35.5. The van der Waals surface area contributed by atoms with E-state index in [1.54, 1.807) is 35.2 Å². The molecule has 1 fully saturated rings. The van der Waals surface area contributed by atoms with E-state index in [1.807, 2.05) is 24.1 Å². The van der Waals surface area contributed by atoms with Gasteiger partial charge in [-0.15, -0.1) is 0 Å². The number of likely N-dealkylation sites (N-methyl/N-ethyl adjacent to an activating group) is 1. The largest absolute Gasteiger partial charge is 0.492 e. The molecule has 2 aliphatic rings. The minimum atomic E-state index is -3.98. The number of nitrogens with zero attached hydrogens (tertiary/aromatic N) is 2. The second-order valence-corrected chi connectivity index (χ2v) is 13.1. The number of piperidine rings is 1. The Hall–Kier alpha value is -3.02. The summed E-state index contributed by atoms with van der Waals surface area (Å²) in [5.74, 6) is -0.481. The molecule has 1 spiro atoms. The maximum Gasteiger partial charge on any atom is 0.253 e. The number of benzene rings is 3. The van der Waals surface area contributed by atoms with Crippen molar-refractivity contribution >= 4 is 27.5 Å². The molecule has 0 aliphatic carbocycles. The van der Waals surface area contributed by atoms with Crippen LogP contribution < -0.4 is 9.46 Å². The number of hydrogen-bond donors (Lipinski definition) is 2. The molecule has 1 atom stereocenters. The van der Waals surface area contributed by atoms with Crippen molar-refractivity contribution in [3.8, 4) is 16.9 Å². The third-order valence-corrected chi connectivity index (χ3v) is 9.48. The van der Waals surface area contributed by atoms with Gasteiger partial charge in [0.25, 0.3) is 5.91 Å². The fourth-order valence-corrected chi connectivity index (χ4v) is 6.90. The number of sulfonamides is 1. The van der Waals surface area contributed by atoms with Crippen LogP contribution in [0.5, 0.6) is 5.75 Å². The molecule has 5 rings (SSSR count). The number of nitrogens with one attached hydrogen (secondary N) is 1. The highest BCUT2D eigenvalue weighted by Gasteiger charge is 2.39. The van der Waals surface area contributed by atoms with Crippen molar-refractivity contribution in [1.82, 2.24) is 14.5 Å². The fraction of sp³-hybridized carbons (Fsp3) is 0.367. The molecular weight excluding hydrogens is 569 g/mol. The van der Waals surface area contributed by atoms with Gasteiger partial charge in [-0.1, -0.05) is 35.9 Å². The first kappa shape index (κ1) is 29.5. The van der Waals surface area contributed by atoms with Gasteiger partial charge < -0.3 is 19.6 Å². The van der Waals surface area contributed by atoms with Crippen LogP contribution in [0.3, 0.4) is 0 Å². The lowest BCUT2D eigenvalue weighted by Crippen LogP contribution is -2.51. The van der Waals surface area contributed by atoms with Gasteiger partial charge in [0, 0.05) is 48.7 Å². The number of fused-ring (bicyclic) bond motifs is 1. The van der Waals surface area contributed by atoms with E-state index in [0.29, 0.717) is 43.1 Å². The zero-order valence-electron chi connectivity index (χ0n) is 22.7. The number of hydrogen-bond acceptors (Lipinski definition) is 6.